The van der Waals surface area contributed by atoms with E-state index >= 15 is 0 Å². The summed E-state index contributed by atoms with van der Waals surface area (Å²) in [6, 6.07) is 3.78. The fourth-order valence-corrected chi connectivity index (χ4v) is 1.67. The topological polar surface area (TPSA) is 83.5 Å². The second kappa shape index (κ2) is 6.24. The third-order valence-corrected chi connectivity index (χ3v) is 5.04. The van der Waals surface area contributed by atoms with Crippen molar-refractivity contribution in [3.63, 3.8) is 0 Å². The molecule has 2 N–H and O–H groups in total. The third kappa shape index (κ3) is 4.03. The van der Waals surface area contributed by atoms with Gasteiger partial charge < -0.3 is 10.4 Å². The van der Waals surface area contributed by atoms with Crippen molar-refractivity contribution in [3.05, 3.63) is 29.6 Å². The standard InChI is InChI=1S/C14H16FNO4S/c1-14(2,21(3,19)20)13(18)16-11-7-6-10(5-4-8-17)12(15)9-11/h6-7,9,17H,8H2,1-3H3,(H,16,18). The van der Waals surface area contributed by atoms with Crippen LogP contribution in [0.4, 0.5) is 10.1 Å². The molecular weight excluding hydrogens is 297 g/mol. The summed E-state index contributed by atoms with van der Waals surface area (Å²) >= 11 is 0. The predicted octanol–water partition coefficient (Wildman–Crippen LogP) is 0.931. The van der Waals surface area contributed by atoms with Crippen molar-refractivity contribution in [2.75, 3.05) is 18.2 Å². The Morgan fingerprint density at radius 1 is 1.43 bits per heavy atom. The van der Waals surface area contributed by atoms with Gasteiger partial charge in [0.1, 0.15) is 17.2 Å². The molecule has 1 aromatic rings. The molecular formula is C14H16FNO4S. The number of halogens is 1. The monoisotopic (exact) mass is 313 g/mol. The normalized spacial score (nSPS) is 11.5. The Kier molecular flexibility index (Phi) is 5.10. The lowest BCUT2D eigenvalue weighted by Crippen LogP contribution is -2.43. The lowest BCUT2D eigenvalue weighted by Gasteiger charge is -2.21. The number of carbonyl (C=O) groups is 1. The van der Waals surface area contributed by atoms with Gasteiger partial charge in [0.05, 0.1) is 5.56 Å². The van der Waals surface area contributed by atoms with Gasteiger partial charge in [-0.15, -0.1) is 0 Å². The average Bonchev–Trinajstić information content (AvgIpc) is 2.36. The molecule has 0 unspecified atom stereocenters. The van der Waals surface area contributed by atoms with Gasteiger partial charge in [0.25, 0.3) is 0 Å². The van der Waals surface area contributed by atoms with Crippen molar-refractivity contribution in [1.29, 1.82) is 0 Å². The minimum atomic E-state index is -3.61. The van der Waals surface area contributed by atoms with Crippen LogP contribution in [0.1, 0.15) is 19.4 Å². The van der Waals surface area contributed by atoms with E-state index in [9.17, 15) is 17.6 Å². The Morgan fingerprint density at radius 2 is 2.05 bits per heavy atom. The van der Waals surface area contributed by atoms with Crippen LogP contribution in [-0.4, -0.2) is 37.0 Å². The molecule has 0 aliphatic heterocycles. The van der Waals surface area contributed by atoms with Crippen molar-refractivity contribution in [2.45, 2.75) is 18.6 Å². The van der Waals surface area contributed by atoms with Gasteiger partial charge in [-0.3, -0.25) is 4.79 Å². The second-order valence-corrected chi connectivity index (χ2v) is 7.46. The summed E-state index contributed by atoms with van der Waals surface area (Å²) in [5.41, 5.74) is 0.202. The molecule has 0 radical (unpaired) electrons. The van der Waals surface area contributed by atoms with Gasteiger partial charge in [-0.05, 0) is 32.0 Å². The Bertz CT molecular complexity index is 714. The van der Waals surface area contributed by atoms with Crippen molar-refractivity contribution >= 4 is 21.4 Å². The zero-order chi connectivity index (χ0) is 16.3. The van der Waals surface area contributed by atoms with Gasteiger partial charge in [0.2, 0.25) is 5.91 Å². The van der Waals surface area contributed by atoms with Crippen LogP contribution in [0.25, 0.3) is 0 Å². The first-order valence-electron chi connectivity index (χ1n) is 6.00. The smallest absolute Gasteiger partial charge is 0.245 e. The number of rotatable bonds is 3. The first kappa shape index (κ1) is 17.1. The predicted molar refractivity (Wildman–Crippen MR) is 77.9 cm³/mol. The summed E-state index contributed by atoms with van der Waals surface area (Å²) in [7, 11) is -3.61. The first-order chi connectivity index (χ1) is 9.59. The maximum Gasteiger partial charge on any atom is 0.245 e. The molecule has 5 nitrogen and oxygen atoms in total. The number of amides is 1. The van der Waals surface area contributed by atoms with Gasteiger partial charge in [-0.2, -0.15) is 0 Å². The van der Waals surface area contributed by atoms with Crippen LogP contribution >= 0.6 is 0 Å². The summed E-state index contributed by atoms with van der Waals surface area (Å²) in [5.74, 6) is 3.30. The molecule has 1 amide bonds. The van der Waals surface area contributed by atoms with Crippen LogP contribution in [-0.2, 0) is 14.6 Å². The van der Waals surface area contributed by atoms with E-state index in [2.05, 4.69) is 17.2 Å². The van der Waals surface area contributed by atoms with E-state index in [0.717, 1.165) is 12.3 Å². The maximum absolute atomic E-state index is 13.7. The minimum absolute atomic E-state index is 0.0735. The molecule has 114 valence electrons. The highest BCUT2D eigenvalue weighted by Crippen LogP contribution is 2.20. The van der Waals surface area contributed by atoms with Crippen LogP contribution in [0.5, 0.6) is 0 Å². The Balaban J connectivity index is 3.00. The number of aliphatic hydroxyl groups is 1. The second-order valence-electron chi connectivity index (χ2n) is 4.89. The van der Waals surface area contributed by atoms with Crippen molar-refractivity contribution < 1.29 is 22.7 Å². The largest absolute Gasteiger partial charge is 0.384 e. The van der Waals surface area contributed by atoms with Crippen molar-refractivity contribution in [3.8, 4) is 11.8 Å². The van der Waals surface area contributed by atoms with Crippen LogP contribution in [0, 0.1) is 17.7 Å². The summed E-state index contributed by atoms with van der Waals surface area (Å²) in [4.78, 5) is 12.0. The van der Waals surface area contributed by atoms with E-state index in [1.807, 2.05) is 0 Å². The van der Waals surface area contributed by atoms with Crippen LogP contribution in [0.2, 0.25) is 0 Å². The van der Waals surface area contributed by atoms with E-state index in [4.69, 9.17) is 5.11 Å². The molecule has 1 aromatic carbocycles. The quantitative estimate of drug-likeness (QED) is 0.813. The number of aliphatic hydroxyl groups excluding tert-OH is 1. The molecule has 7 heteroatoms. The number of hydrogen-bond acceptors (Lipinski definition) is 4. The fourth-order valence-electron chi connectivity index (χ4n) is 1.28. The lowest BCUT2D eigenvalue weighted by atomic mass is 10.1. The van der Waals surface area contributed by atoms with Gasteiger partial charge >= 0.3 is 0 Å². The number of hydrogen-bond donors (Lipinski definition) is 2. The number of benzene rings is 1. The van der Waals surface area contributed by atoms with E-state index < -0.39 is 26.3 Å². The molecule has 0 saturated carbocycles. The highest BCUT2D eigenvalue weighted by Gasteiger charge is 2.38. The molecule has 0 heterocycles. The fraction of sp³-hybridized carbons (Fsp3) is 0.357. The van der Waals surface area contributed by atoms with Crippen LogP contribution in [0.3, 0.4) is 0 Å². The van der Waals surface area contributed by atoms with Gasteiger partial charge in [-0.1, -0.05) is 11.8 Å². The van der Waals surface area contributed by atoms with E-state index in [1.54, 1.807) is 0 Å². The zero-order valence-electron chi connectivity index (χ0n) is 11.9. The summed E-state index contributed by atoms with van der Waals surface area (Å²) in [6.45, 7) is 2.16. The molecule has 0 atom stereocenters. The van der Waals surface area contributed by atoms with Crippen molar-refractivity contribution in [1.82, 2.24) is 0 Å². The van der Waals surface area contributed by atoms with E-state index in [0.29, 0.717) is 0 Å². The average molecular weight is 313 g/mol. The number of anilines is 1. The summed E-state index contributed by atoms with van der Waals surface area (Å²) in [5, 5.41) is 10.9. The first-order valence-corrected chi connectivity index (χ1v) is 7.89. The van der Waals surface area contributed by atoms with Crippen molar-refractivity contribution in [2.24, 2.45) is 0 Å². The highest BCUT2D eigenvalue weighted by atomic mass is 32.2. The van der Waals surface area contributed by atoms with E-state index in [-0.39, 0.29) is 17.9 Å². The lowest BCUT2D eigenvalue weighted by molar-refractivity contribution is -0.117. The number of nitrogens with one attached hydrogen (secondary N) is 1. The number of carbonyl (C=O) groups excluding carboxylic acids is 1. The summed E-state index contributed by atoms with van der Waals surface area (Å²) < 4.78 is 35.2. The molecule has 0 fully saturated rings. The van der Waals surface area contributed by atoms with E-state index in [1.165, 1.54) is 26.0 Å². The van der Waals surface area contributed by atoms with Crippen LogP contribution in [0.15, 0.2) is 18.2 Å². The van der Waals surface area contributed by atoms with Gasteiger partial charge in [0.15, 0.2) is 9.84 Å². The molecule has 0 spiro atoms. The number of sulfone groups is 1. The van der Waals surface area contributed by atoms with Gasteiger partial charge in [-0.25, -0.2) is 12.8 Å². The molecule has 0 aromatic heterocycles. The molecule has 21 heavy (non-hydrogen) atoms. The molecule has 1 rings (SSSR count). The Hall–Kier alpha value is -1.91. The molecule has 0 aliphatic carbocycles. The molecule has 0 saturated heterocycles. The Labute approximate surface area is 123 Å². The zero-order valence-corrected chi connectivity index (χ0v) is 12.7. The summed E-state index contributed by atoms with van der Waals surface area (Å²) in [6.07, 6.45) is 0.959. The van der Waals surface area contributed by atoms with Gasteiger partial charge in [0, 0.05) is 11.9 Å². The highest BCUT2D eigenvalue weighted by molar-refractivity contribution is 7.92. The van der Waals surface area contributed by atoms with Crippen LogP contribution < -0.4 is 5.32 Å². The SMILES string of the molecule is CC(C)(C(=O)Nc1ccc(C#CCO)c(F)c1)S(C)(=O)=O. The molecule has 0 bridgehead atoms. The molecule has 0 aliphatic rings. The Morgan fingerprint density at radius 3 is 2.52 bits per heavy atom. The maximum atomic E-state index is 13.7. The third-order valence-electron chi connectivity index (χ3n) is 3.00. The minimum Gasteiger partial charge on any atom is -0.384 e.